The van der Waals surface area contributed by atoms with Crippen molar-refractivity contribution in [3.63, 3.8) is 0 Å². The summed E-state index contributed by atoms with van der Waals surface area (Å²) < 4.78 is 5.04. The van der Waals surface area contributed by atoms with Crippen LogP contribution in [0.1, 0.15) is 24.2 Å². The van der Waals surface area contributed by atoms with Crippen molar-refractivity contribution in [3.05, 3.63) is 34.9 Å². The molecular formula is C16H18ClN3O5. The summed E-state index contributed by atoms with van der Waals surface area (Å²) in [5.41, 5.74) is 0.224. The average molecular weight is 368 g/mol. The first-order valence-electron chi connectivity index (χ1n) is 7.66. The van der Waals surface area contributed by atoms with Gasteiger partial charge in [-0.2, -0.15) is 0 Å². The van der Waals surface area contributed by atoms with Gasteiger partial charge in [0.1, 0.15) is 6.04 Å². The number of imide groups is 1. The molecule has 8 nitrogen and oxygen atoms in total. The summed E-state index contributed by atoms with van der Waals surface area (Å²) in [5, 5.41) is 5.20. The number of ether oxygens (including phenoxy) is 1. The summed E-state index contributed by atoms with van der Waals surface area (Å²) in [7, 11) is 0. The molecule has 1 fully saturated rings. The van der Waals surface area contributed by atoms with Gasteiger partial charge >= 0.3 is 12.0 Å². The van der Waals surface area contributed by atoms with Gasteiger partial charge in [-0.05, 0) is 26.0 Å². The first-order chi connectivity index (χ1) is 11.8. The summed E-state index contributed by atoms with van der Waals surface area (Å²) in [4.78, 5) is 48.7. The molecule has 1 saturated heterocycles. The number of esters is 1. The number of carbonyl (C=O) groups is 4. The highest BCUT2D eigenvalue weighted by molar-refractivity contribution is 6.33. The Morgan fingerprint density at radius 3 is 2.56 bits per heavy atom. The largest absolute Gasteiger partial charge is 0.451 e. The number of urea groups is 1. The van der Waals surface area contributed by atoms with Crippen LogP contribution in [-0.4, -0.2) is 54.0 Å². The molecule has 0 radical (unpaired) electrons. The second kappa shape index (κ2) is 7.98. The molecule has 9 heteroatoms. The van der Waals surface area contributed by atoms with Crippen LogP contribution in [0.3, 0.4) is 0 Å². The maximum atomic E-state index is 12.1. The minimum atomic E-state index is -1.14. The zero-order valence-corrected chi connectivity index (χ0v) is 14.5. The standard InChI is InChI=1S/C16H18ClN3O5/c1-9(19-13(21)11-5-3-4-6-12(11)17)15(23)25-10(2)14(22)20-8-7-18-16(20)24/h3-6,9-10H,7-8H2,1-2H3,(H,18,24)(H,19,21)/t9-,10?/m0/s1. The van der Waals surface area contributed by atoms with Gasteiger partial charge in [0.2, 0.25) is 0 Å². The van der Waals surface area contributed by atoms with Crippen molar-refractivity contribution in [2.45, 2.75) is 26.0 Å². The lowest BCUT2D eigenvalue weighted by Crippen LogP contribution is -2.45. The highest BCUT2D eigenvalue weighted by Crippen LogP contribution is 2.15. The van der Waals surface area contributed by atoms with E-state index in [1.165, 1.54) is 19.9 Å². The lowest BCUT2D eigenvalue weighted by Gasteiger charge is -2.20. The molecule has 0 spiro atoms. The van der Waals surface area contributed by atoms with Crippen molar-refractivity contribution >= 4 is 35.4 Å². The third-order valence-electron chi connectivity index (χ3n) is 3.58. The molecule has 134 valence electrons. The molecule has 25 heavy (non-hydrogen) atoms. The summed E-state index contributed by atoms with van der Waals surface area (Å²) >= 11 is 5.93. The van der Waals surface area contributed by atoms with E-state index in [0.29, 0.717) is 6.54 Å². The fourth-order valence-corrected chi connectivity index (χ4v) is 2.43. The maximum Gasteiger partial charge on any atom is 0.329 e. The van der Waals surface area contributed by atoms with Gasteiger partial charge in [0.15, 0.2) is 6.10 Å². The number of hydrogen-bond donors (Lipinski definition) is 2. The summed E-state index contributed by atoms with van der Waals surface area (Å²) in [6.45, 7) is 3.37. The summed E-state index contributed by atoms with van der Waals surface area (Å²) in [6, 6.07) is 4.89. The Morgan fingerprint density at radius 1 is 1.28 bits per heavy atom. The van der Waals surface area contributed by atoms with E-state index in [4.69, 9.17) is 16.3 Å². The first kappa shape index (κ1) is 18.7. The molecule has 1 aromatic carbocycles. The maximum absolute atomic E-state index is 12.1. The topological polar surface area (TPSA) is 105 Å². The van der Waals surface area contributed by atoms with Crippen molar-refractivity contribution in [1.29, 1.82) is 0 Å². The molecule has 0 bridgehead atoms. The number of carbonyl (C=O) groups excluding carboxylic acids is 4. The molecule has 2 N–H and O–H groups in total. The van der Waals surface area contributed by atoms with Gasteiger partial charge in [-0.1, -0.05) is 23.7 Å². The predicted molar refractivity (Wildman–Crippen MR) is 89.0 cm³/mol. The number of nitrogens with one attached hydrogen (secondary N) is 2. The third-order valence-corrected chi connectivity index (χ3v) is 3.91. The molecule has 0 saturated carbocycles. The summed E-state index contributed by atoms with van der Waals surface area (Å²) in [6.07, 6.45) is -1.14. The molecular weight excluding hydrogens is 350 g/mol. The van der Waals surface area contributed by atoms with E-state index in [-0.39, 0.29) is 17.1 Å². The highest BCUT2D eigenvalue weighted by Gasteiger charge is 2.32. The molecule has 2 atom stereocenters. The first-order valence-corrected chi connectivity index (χ1v) is 8.04. The average Bonchev–Trinajstić information content (AvgIpc) is 3.00. The number of benzene rings is 1. The molecule has 4 amide bonds. The normalized spacial score (nSPS) is 16.0. The van der Waals surface area contributed by atoms with Gasteiger partial charge in [0.25, 0.3) is 11.8 Å². The van der Waals surface area contributed by atoms with Gasteiger partial charge in [0, 0.05) is 13.1 Å². The van der Waals surface area contributed by atoms with Gasteiger partial charge in [-0.25, -0.2) is 9.59 Å². The Balaban J connectivity index is 1.91. The molecule has 1 aliphatic rings. The van der Waals surface area contributed by atoms with Crippen LogP contribution >= 0.6 is 11.6 Å². The van der Waals surface area contributed by atoms with E-state index in [0.717, 1.165) is 4.90 Å². The van der Waals surface area contributed by atoms with E-state index in [9.17, 15) is 19.2 Å². The van der Waals surface area contributed by atoms with Crippen molar-refractivity contribution in [3.8, 4) is 0 Å². The van der Waals surface area contributed by atoms with Crippen LogP contribution in [0.5, 0.6) is 0 Å². The van der Waals surface area contributed by atoms with E-state index in [1.807, 2.05) is 0 Å². The third kappa shape index (κ3) is 4.48. The van der Waals surface area contributed by atoms with Crippen LogP contribution in [0.2, 0.25) is 5.02 Å². The fraction of sp³-hybridized carbons (Fsp3) is 0.375. The van der Waals surface area contributed by atoms with Gasteiger partial charge < -0.3 is 15.4 Å². The fourth-order valence-electron chi connectivity index (χ4n) is 2.21. The highest BCUT2D eigenvalue weighted by atomic mass is 35.5. The van der Waals surface area contributed by atoms with E-state index < -0.39 is 36.0 Å². The van der Waals surface area contributed by atoms with Gasteiger partial charge in [-0.3, -0.25) is 14.5 Å². The molecule has 2 rings (SSSR count). The molecule has 1 heterocycles. The van der Waals surface area contributed by atoms with Crippen molar-refractivity contribution < 1.29 is 23.9 Å². The minimum Gasteiger partial charge on any atom is -0.451 e. The van der Waals surface area contributed by atoms with Crippen LogP contribution in [0, 0.1) is 0 Å². The monoisotopic (exact) mass is 367 g/mol. The van der Waals surface area contributed by atoms with Gasteiger partial charge in [0.05, 0.1) is 10.6 Å². The number of amides is 4. The van der Waals surface area contributed by atoms with Crippen LogP contribution in [-0.2, 0) is 14.3 Å². The number of hydrogen-bond acceptors (Lipinski definition) is 5. The second-order valence-electron chi connectivity index (χ2n) is 5.48. The SMILES string of the molecule is CC(OC(=O)[C@H](C)NC(=O)c1ccccc1Cl)C(=O)N1CCNC1=O. The molecule has 1 unspecified atom stereocenters. The van der Waals surface area contributed by atoms with Gasteiger partial charge in [-0.15, -0.1) is 0 Å². The van der Waals surface area contributed by atoms with Crippen LogP contribution in [0.25, 0.3) is 0 Å². The Labute approximate surface area is 149 Å². The number of halogens is 1. The van der Waals surface area contributed by atoms with Crippen molar-refractivity contribution in [2.75, 3.05) is 13.1 Å². The van der Waals surface area contributed by atoms with Crippen molar-refractivity contribution in [1.82, 2.24) is 15.5 Å². The van der Waals surface area contributed by atoms with Crippen LogP contribution < -0.4 is 10.6 Å². The Kier molecular flexibility index (Phi) is 5.97. The molecule has 0 aliphatic carbocycles. The lowest BCUT2D eigenvalue weighted by atomic mass is 10.2. The summed E-state index contributed by atoms with van der Waals surface area (Å²) in [5.74, 6) is -1.94. The number of rotatable bonds is 5. The Morgan fingerprint density at radius 2 is 1.96 bits per heavy atom. The Bertz CT molecular complexity index is 709. The molecule has 0 aromatic heterocycles. The zero-order valence-electron chi connectivity index (χ0n) is 13.7. The van der Waals surface area contributed by atoms with E-state index in [2.05, 4.69) is 10.6 Å². The van der Waals surface area contributed by atoms with Crippen LogP contribution in [0.4, 0.5) is 4.79 Å². The van der Waals surface area contributed by atoms with Crippen LogP contribution in [0.15, 0.2) is 24.3 Å². The molecule has 1 aliphatic heterocycles. The van der Waals surface area contributed by atoms with E-state index in [1.54, 1.807) is 18.2 Å². The van der Waals surface area contributed by atoms with Crippen molar-refractivity contribution in [2.24, 2.45) is 0 Å². The number of nitrogens with zero attached hydrogens (tertiary/aromatic N) is 1. The smallest absolute Gasteiger partial charge is 0.329 e. The second-order valence-corrected chi connectivity index (χ2v) is 5.88. The van der Waals surface area contributed by atoms with E-state index >= 15 is 0 Å². The quantitative estimate of drug-likeness (QED) is 0.754. The molecule has 1 aromatic rings. The lowest BCUT2D eigenvalue weighted by molar-refractivity contribution is -0.158. The Hall–Kier alpha value is -2.61. The minimum absolute atomic E-state index is 0.221. The predicted octanol–water partition coefficient (Wildman–Crippen LogP) is 0.942. The zero-order chi connectivity index (χ0) is 18.6.